The molecule has 0 aliphatic carbocycles. The molecule has 1 fully saturated rings. The SMILES string of the molecule is CC(C)c1ccc(C(=O)NCC2CCOCC2)cc1. The van der Waals surface area contributed by atoms with Gasteiger partial charge >= 0.3 is 0 Å². The number of benzene rings is 1. The molecule has 2 rings (SSSR count). The monoisotopic (exact) mass is 261 g/mol. The van der Waals surface area contributed by atoms with Crippen LogP contribution in [0.4, 0.5) is 0 Å². The summed E-state index contributed by atoms with van der Waals surface area (Å²) in [5, 5.41) is 3.02. The molecule has 1 saturated heterocycles. The number of carbonyl (C=O) groups is 1. The molecule has 1 amide bonds. The maximum atomic E-state index is 12.0. The predicted octanol–water partition coefficient (Wildman–Crippen LogP) is 2.97. The van der Waals surface area contributed by atoms with E-state index in [-0.39, 0.29) is 5.91 Å². The van der Waals surface area contributed by atoms with Crippen LogP contribution in [0, 0.1) is 5.92 Å². The summed E-state index contributed by atoms with van der Waals surface area (Å²) in [5.41, 5.74) is 2.01. The average molecular weight is 261 g/mol. The van der Waals surface area contributed by atoms with Gasteiger partial charge in [-0.05, 0) is 42.4 Å². The minimum Gasteiger partial charge on any atom is -0.381 e. The Labute approximate surface area is 115 Å². The molecule has 3 nitrogen and oxygen atoms in total. The van der Waals surface area contributed by atoms with Crippen LogP contribution in [0.5, 0.6) is 0 Å². The highest BCUT2D eigenvalue weighted by atomic mass is 16.5. The Bertz CT molecular complexity index is 405. The van der Waals surface area contributed by atoms with Gasteiger partial charge in [-0.1, -0.05) is 26.0 Å². The van der Waals surface area contributed by atoms with Gasteiger partial charge in [-0.15, -0.1) is 0 Å². The van der Waals surface area contributed by atoms with Crippen molar-refractivity contribution < 1.29 is 9.53 Å². The first-order valence-electron chi connectivity index (χ1n) is 7.12. The third-order valence-corrected chi connectivity index (χ3v) is 3.73. The quantitative estimate of drug-likeness (QED) is 0.905. The molecule has 1 aliphatic heterocycles. The van der Waals surface area contributed by atoms with E-state index in [2.05, 4.69) is 19.2 Å². The number of carbonyl (C=O) groups excluding carboxylic acids is 1. The van der Waals surface area contributed by atoms with Gasteiger partial charge in [-0.3, -0.25) is 4.79 Å². The van der Waals surface area contributed by atoms with Gasteiger partial charge in [0.2, 0.25) is 0 Å². The molecule has 1 heterocycles. The first-order valence-corrected chi connectivity index (χ1v) is 7.12. The van der Waals surface area contributed by atoms with E-state index >= 15 is 0 Å². The largest absolute Gasteiger partial charge is 0.381 e. The van der Waals surface area contributed by atoms with Crippen LogP contribution in [-0.2, 0) is 4.74 Å². The van der Waals surface area contributed by atoms with E-state index in [0.717, 1.165) is 38.2 Å². The van der Waals surface area contributed by atoms with Crippen LogP contribution >= 0.6 is 0 Å². The lowest BCUT2D eigenvalue weighted by Gasteiger charge is -2.22. The lowest BCUT2D eigenvalue weighted by Crippen LogP contribution is -2.32. The first kappa shape index (κ1) is 14.1. The topological polar surface area (TPSA) is 38.3 Å². The molecular weight excluding hydrogens is 238 g/mol. The fourth-order valence-corrected chi connectivity index (χ4v) is 2.31. The van der Waals surface area contributed by atoms with E-state index in [1.807, 2.05) is 24.3 Å². The highest BCUT2D eigenvalue weighted by Gasteiger charge is 2.15. The molecule has 1 aliphatic rings. The van der Waals surface area contributed by atoms with Crippen LogP contribution in [0.25, 0.3) is 0 Å². The zero-order valence-corrected chi connectivity index (χ0v) is 11.8. The third kappa shape index (κ3) is 4.06. The molecular formula is C16H23NO2. The fourth-order valence-electron chi connectivity index (χ4n) is 2.31. The van der Waals surface area contributed by atoms with Gasteiger partial charge in [0.05, 0.1) is 0 Å². The molecule has 1 N–H and O–H groups in total. The molecule has 0 unspecified atom stereocenters. The summed E-state index contributed by atoms with van der Waals surface area (Å²) < 4.78 is 5.31. The Balaban J connectivity index is 1.85. The van der Waals surface area contributed by atoms with Crippen LogP contribution < -0.4 is 5.32 Å². The number of hydrogen-bond donors (Lipinski definition) is 1. The fraction of sp³-hybridized carbons (Fsp3) is 0.562. The van der Waals surface area contributed by atoms with Crippen molar-refractivity contribution in [1.29, 1.82) is 0 Å². The first-order chi connectivity index (χ1) is 9.16. The molecule has 0 spiro atoms. The summed E-state index contributed by atoms with van der Waals surface area (Å²) in [6.45, 7) is 6.71. The standard InChI is InChI=1S/C16H23NO2/c1-12(2)14-3-5-15(6-4-14)16(18)17-11-13-7-9-19-10-8-13/h3-6,12-13H,7-11H2,1-2H3,(H,17,18). The summed E-state index contributed by atoms with van der Waals surface area (Å²) in [7, 11) is 0. The number of hydrogen-bond acceptors (Lipinski definition) is 2. The van der Waals surface area contributed by atoms with Crippen LogP contribution in [0.15, 0.2) is 24.3 Å². The summed E-state index contributed by atoms with van der Waals surface area (Å²) in [4.78, 5) is 12.0. The van der Waals surface area contributed by atoms with E-state index < -0.39 is 0 Å². The van der Waals surface area contributed by atoms with Crippen LogP contribution in [0.3, 0.4) is 0 Å². The molecule has 1 aromatic carbocycles. The van der Waals surface area contributed by atoms with Gasteiger partial charge in [0, 0.05) is 25.3 Å². The third-order valence-electron chi connectivity index (χ3n) is 3.73. The summed E-state index contributed by atoms with van der Waals surface area (Å²) >= 11 is 0. The molecule has 0 aromatic heterocycles. The summed E-state index contributed by atoms with van der Waals surface area (Å²) in [6.07, 6.45) is 2.10. The van der Waals surface area contributed by atoms with Gasteiger partial charge in [-0.2, -0.15) is 0 Å². The van der Waals surface area contributed by atoms with E-state index in [1.54, 1.807) is 0 Å². The minimum atomic E-state index is 0.0294. The molecule has 0 saturated carbocycles. The van der Waals surface area contributed by atoms with Crippen LogP contribution in [0.2, 0.25) is 0 Å². The second-order valence-electron chi connectivity index (χ2n) is 5.54. The lowest BCUT2D eigenvalue weighted by molar-refractivity contribution is 0.0642. The molecule has 104 valence electrons. The second-order valence-corrected chi connectivity index (χ2v) is 5.54. The van der Waals surface area contributed by atoms with Gasteiger partial charge < -0.3 is 10.1 Å². The van der Waals surface area contributed by atoms with E-state index in [9.17, 15) is 4.79 Å². The van der Waals surface area contributed by atoms with Crippen molar-refractivity contribution in [3.63, 3.8) is 0 Å². The average Bonchev–Trinajstić information content (AvgIpc) is 2.46. The van der Waals surface area contributed by atoms with Crippen molar-refractivity contribution in [3.05, 3.63) is 35.4 Å². The highest BCUT2D eigenvalue weighted by molar-refractivity contribution is 5.94. The molecule has 0 atom stereocenters. The van der Waals surface area contributed by atoms with E-state index in [0.29, 0.717) is 11.8 Å². The van der Waals surface area contributed by atoms with Crippen molar-refractivity contribution in [1.82, 2.24) is 5.32 Å². The predicted molar refractivity (Wildman–Crippen MR) is 76.4 cm³/mol. The second kappa shape index (κ2) is 6.71. The number of amides is 1. The summed E-state index contributed by atoms with van der Waals surface area (Å²) in [5.74, 6) is 1.09. The van der Waals surface area contributed by atoms with Gasteiger partial charge in [0.1, 0.15) is 0 Å². The van der Waals surface area contributed by atoms with Gasteiger partial charge in [0.15, 0.2) is 0 Å². The Kier molecular flexibility index (Phi) is 4.97. The van der Waals surface area contributed by atoms with Gasteiger partial charge in [0.25, 0.3) is 5.91 Å². The van der Waals surface area contributed by atoms with Crippen molar-refractivity contribution >= 4 is 5.91 Å². The van der Waals surface area contributed by atoms with Gasteiger partial charge in [-0.25, -0.2) is 0 Å². The summed E-state index contributed by atoms with van der Waals surface area (Å²) in [6, 6.07) is 7.89. The highest BCUT2D eigenvalue weighted by Crippen LogP contribution is 2.16. The Morgan fingerprint density at radius 2 is 1.89 bits per heavy atom. The maximum absolute atomic E-state index is 12.0. The molecule has 0 radical (unpaired) electrons. The normalized spacial score (nSPS) is 16.6. The smallest absolute Gasteiger partial charge is 0.251 e. The zero-order chi connectivity index (χ0) is 13.7. The molecule has 19 heavy (non-hydrogen) atoms. The van der Waals surface area contributed by atoms with Crippen molar-refractivity contribution in [2.45, 2.75) is 32.6 Å². The van der Waals surface area contributed by atoms with Crippen molar-refractivity contribution in [2.24, 2.45) is 5.92 Å². The Hall–Kier alpha value is -1.35. The number of nitrogens with one attached hydrogen (secondary N) is 1. The molecule has 3 heteroatoms. The number of ether oxygens (including phenoxy) is 1. The molecule has 1 aromatic rings. The lowest BCUT2D eigenvalue weighted by atomic mass is 10.00. The number of rotatable bonds is 4. The Morgan fingerprint density at radius 3 is 2.47 bits per heavy atom. The zero-order valence-electron chi connectivity index (χ0n) is 11.8. The maximum Gasteiger partial charge on any atom is 0.251 e. The van der Waals surface area contributed by atoms with Crippen LogP contribution in [-0.4, -0.2) is 25.7 Å². The van der Waals surface area contributed by atoms with Crippen molar-refractivity contribution in [2.75, 3.05) is 19.8 Å². The van der Waals surface area contributed by atoms with Crippen LogP contribution in [0.1, 0.15) is 48.5 Å². The van der Waals surface area contributed by atoms with Crippen molar-refractivity contribution in [3.8, 4) is 0 Å². The molecule has 0 bridgehead atoms. The Morgan fingerprint density at radius 1 is 1.26 bits per heavy atom. The van der Waals surface area contributed by atoms with E-state index in [1.165, 1.54) is 5.56 Å². The minimum absolute atomic E-state index is 0.0294. The van der Waals surface area contributed by atoms with E-state index in [4.69, 9.17) is 4.74 Å².